The number of carboxylic acids is 1. The number of alkyl carbamates (subject to hydrolysis) is 1. The zero-order valence-corrected chi connectivity index (χ0v) is 13.7. The average molecular weight is 309 g/mol. The van der Waals surface area contributed by atoms with E-state index in [9.17, 15) is 14.7 Å². The number of ether oxygens (including phenoxy) is 1. The first-order chi connectivity index (χ1) is 10.2. The first-order valence-electron chi connectivity index (χ1n) is 8.05. The Bertz CT molecular complexity index is 454. The Kier molecular flexibility index (Phi) is 4.83. The van der Waals surface area contributed by atoms with E-state index in [0.717, 1.165) is 19.3 Å². The predicted molar refractivity (Wildman–Crippen MR) is 83.4 cm³/mol. The van der Waals surface area contributed by atoms with E-state index in [4.69, 9.17) is 4.74 Å². The standard InChI is InChI=1S/C17H27NO4/c1-5-6-7-11-12-8-10(12)9-13(11)22-16(21)18-14(15(19)20)17(2,3)4/h5,10-14H,1,6-9H2,2-4H3,(H,18,21)(H,19,20)/t10?,11-,12+,13-,14-/m1/s1. The SMILES string of the molecule is C=CCC[C@H]1[C@H](OC(=O)N[C@H](C(=O)O)C(C)(C)C)CC2C[C@@H]21. The van der Waals surface area contributed by atoms with Crippen LogP contribution in [0.15, 0.2) is 12.7 Å². The molecule has 2 saturated carbocycles. The van der Waals surface area contributed by atoms with E-state index in [-0.39, 0.29) is 6.10 Å². The van der Waals surface area contributed by atoms with Crippen molar-refractivity contribution in [3.8, 4) is 0 Å². The van der Waals surface area contributed by atoms with Crippen molar-refractivity contribution in [2.45, 2.75) is 58.6 Å². The number of rotatable bonds is 6. The molecular weight excluding hydrogens is 282 g/mol. The van der Waals surface area contributed by atoms with Crippen LogP contribution in [0, 0.1) is 23.2 Å². The summed E-state index contributed by atoms with van der Waals surface area (Å²) in [6, 6.07) is -0.956. The molecule has 2 fully saturated rings. The van der Waals surface area contributed by atoms with Gasteiger partial charge in [0.15, 0.2) is 0 Å². The molecule has 0 aromatic rings. The quantitative estimate of drug-likeness (QED) is 0.739. The molecule has 0 bridgehead atoms. The van der Waals surface area contributed by atoms with Crippen LogP contribution in [-0.2, 0) is 9.53 Å². The fourth-order valence-electron chi connectivity index (χ4n) is 3.60. The molecule has 0 aliphatic heterocycles. The first kappa shape index (κ1) is 16.8. The fraction of sp³-hybridized carbons (Fsp3) is 0.765. The van der Waals surface area contributed by atoms with Gasteiger partial charge in [-0.1, -0.05) is 26.8 Å². The topological polar surface area (TPSA) is 75.6 Å². The first-order valence-corrected chi connectivity index (χ1v) is 8.05. The van der Waals surface area contributed by atoms with E-state index in [1.54, 1.807) is 20.8 Å². The molecular formula is C17H27NO4. The average Bonchev–Trinajstić information content (AvgIpc) is 3.07. The summed E-state index contributed by atoms with van der Waals surface area (Å²) in [5.41, 5.74) is -0.565. The number of carboxylic acid groups (broad SMARTS) is 1. The molecule has 1 unspecified atom stereocenters. The van der Waals surface area contributed by atoms with Crippen molar-refractivity contribution >= 4 is 12.1 Å². The van der Waals surface area contributed by atoms with Gasteiger partial charge in [-0.15, -0.1) is 6.58 Å². The molecule has 0 saturated heterocycles. The summed E-state index contributed by atoms with van der Waals surface area (Å²) in [5.74, 6) is 0.717. The van der Waals surface area contributed by atoms with Crippen molar-refractivity contribution < 1.29 is 19.4 Å². The fourth-order valence-corrected chi connectivity index (χ4v) is 3.60. The lowest BCUT2D eigenvalue weighted by Gasteiger charge is -2.29. The Morgan fingerprint density at radius 3 is 2.64 bits per heavy atom. The summed E-state index contributed by atoms with van der Waals surface area (Å²) >= 11 is 0. The van der Waals surface area contributed by atoms with Crippen LogP contribution in [-0.4, -0.2) is 29.3 Å². The Balaban J connectivity index is 1.91. The molecule has 0 aromatic heterocycles. The van der Waals surface area contributed by atoms with Gasteiger partial charge in [-0.25, -0.2) is 9.59 Å². The number of hydrogen-bond acceptors (Lipinski definition) is 3. The molecule has 0 radical (unpaired) electrons. The zero-order valence-electron chi connectivity index (χ0n) is 13.7. The van der Waals surface area contributed by atoms with Crippen molar-refractivity contribution in [2.75, 3.05) is 0 Å². The van der Waals surface area contributed by atoms with Gasteiger partial charge in [0, 0.05) is 0 Å². The molecule has 2 rings (SSSR count). The van der Waals surface area contributed by atoms with Gasteiger partial charge in [0.1, 0.15) is 12.1 Å². The predicted octanol–water partition coefficient (Wildman–Crippen LogP) is 3.20. The summed E-state index contributed by atoms with van der Waals surface area (Å²) < 4.78 is 5.55. The highest BCUT2D eigenvalue weighted by Gasteiger charge is 2.54. The van der Waals surface area contributed by atoms with Crippen molar-refractivity contribution in [3.63, 3.8) is 0 Å². The second-order valence-electron chi connectivity index (χ2n) is 7.65. The molecule has 0 spiro atoms. The maximum absolute atomic E-state index is 12.1. The lowest BCUT2D eigenvalue weighted by atomic mass is 9.87. The third kappa shape index (κ3) is 3.81. The summed E-state index contributed by atoms with van der Waals surface area (Å²) in [4.78, 5) is 23.4. The number of carbonyl (C=O) groups excluding carboxylic acids is 1. The highest BCUT2D eigenvalue weighted by molar-refractivity contribution is 5.80. The highest BCUT2D eigenvalue weighted by Crippen LogP contribution is 2.57. The number of hydrogen-bond donors (Lipinski definition) is 2. The highest BCUT2D eigenvalue weighted by atomic mass is 16.6. The van der Waals surface area contributed by atoms with Crippen LogP contribution in [0.25, 0.3) is 0 Å². The normalized spacial score (nSPS) is 31.0. The molecule has 5 atom stereocenters. The lowest BCUT2D eigenvalue weighted by Crippen LogP contribution is -2.50. The second kappa shape index (κ2) is 6.31. The molecule has 2 N–H and O–H groups in total. The maximum Gasteiger partial charge on any atom is 0.408 e. The van der Waals surface area contributed by atoms with Crippen LogP contribution in [0.4, 0.5) is 4.79 Å². The van der Waals surface area contributed by atoms with E-state index >= 15 is 0 Å². The van der Waals surface area contributed by atoms with Gasteiger partial charge in [0.05, 0.1) is 0 Å². The Morgan fingerprint density at radius 2 is 2.09 bits per heavy atom. The Hall–Kier alpha value is -1.52. The van der Waals surface area contributed by atoms with E-state index in [1.807, 2.05) is 6.08 Å². The van der Waals surface area contributed by atoms with Gasteiger partial charge < -0.3 is 15.2 Å². The van der Waals surface area contributed by atoms with E-state index in [2.05, 4.69) is 11.9 Å². The van der Waals surface area contributed by atoms with Crippen molar-refractivity contribution in [3.05, 3.63) is 12.7 Å². The van der Waals surface area contributed by atoms with Crippen molar-refractivity contribution in [1.82, 2.24) is 5.32 Å². The number of fused-ring (bicyclic) bond motifs is 1. The van der Waals surface area contributed by atoms with Gasteiger partial charge in [0.2, 0.25) is 0 Å². The number of nitrogens with one attached hydrogen (secondary N) is 1. The minimum absolute atomic E-state index is 0.0851. The van der Waals surface area contributed by atoms with Gasteiger partial charge >= 0.3 is 12.1 Å². The number of allylic oxidation sites excluding steroid dienone is 1. The number of carbonyl (C=O) groups is 2. The minimum Gasteiger partial charge on any atom is -0.480 e. The van der Waals surface area contributed by atoms with Crippen molar-refractivity contribution in [1.29, 1.82) is 0 Å². The molecule has 0 aromatic carbocycles. The zero-order chi connectivity index (χ0) is 16.5. The molecule has 124 valence electrons. The monoisotopic (exact) mass is 309 g/mol. The van der Waals surface area contributed by atoms with E-state index in [0.29, 0.717) is 17.8 Å². The van der Waals surface area contributed by atoms with Crippen LogP contribution >= 0.6 is 0 Å². The molecule has 2 aliphatic rings. The van der Waals surface area contributed by atoms with E-state index < -0.39 is 23.5 Å². The van der Waals surface area contributed by atoms with Crippen LogP contribution in [0.5, 0.6) is 0 Å². The van der Waals surface area contributed by atoms with E-state index in [1.165, 1.54) is 6.42 Å². The van der Waals surface area contributed by atoms with Crippen LogP contribution < -0.4 is 5.32 Å². The molecule has 1 amide bonds. The van der Waals surface area contributed by atoms with Gasteiger partial charge in [-0.05, 0) is 48.9 Å². The van der Waals surface area contributed by atoms with Crippen LogP contribution in [0.2, 0.25) is 0 Å². The molecule has 5 heteroatoms. The third-order valence-corrected chi connectivity index (χ3v) is 4.88. The molecule has 2 aliphatic carbocycles. The van der Waals surface area contributed by atoms with Gasteiger partial charge in [-0.2, -0.15) is 0 Å². The van der Waals surface area contributed by atoms with Crippen LogP contribution in [0.3, 0.4) is 0 Å². The summed E-state index contributed by atoms with van der Waals surface area (Å²) in [5, 5.41) is 11.8. The summed E-state index contributed by atoms with van der Waals surface area (Å²) in [7, 11) is 0. The summed E-state index contributed by atoms with van der Waals surface area (Å²) in [6.45, 7) is 9.09. The lowest BCUT2D eigenvalue weighted by molar-refractivity contribution is -0.142. The Morgan fingerprint density at radius 1 is 1.41 bits per heavy atom. The van der Waals surface area contributed by atoms with Gasteiger partial charge in [-0.3, -0.25) is 0 Å². The molecule has 22 heavy (non-hydrogen) atoms. The van der Waals surface area contributed by atoms with Crippen molar-refractivity contribution in [2.24, 2.45) is 23.2 Å². The Labute approximate surface area is 132 Å². The third-order valence-electron chi connectivity index (χ3n) is 4.88. The molecule has 5 nitrogen and oxygen atoms in total. The minimum atomic E-state index is -1.04. The smallest absolute Gasteiger partial charge is 0.408 e. The van der Waals surface area contributed by atoms with Gasteiger partial charge in [0.25, 0.3) is 0 Å². The number of amides is 1. The maximum atomic E-state index is 12.1. The summed E-state index contributed by atoms with van der Waals surface area (Å²) in [6.07, 6.45) is 5.26. The second-order valence-corrected chi connectivity index (χ2v) is 7.65. The molecule has 0 heterocycles. The number of aliphatic carboxylic acids is 1. The largest absolute Gasteiger partial charge is 0.480 e. The van der Waals surface area contributed by atoms with Crippen LogP contribution in [0.1, 0.15) is 46.5 Å².